The lowest BCUT2D eigenvalue weighted by Gasteiger charge is -2.28. The lowest BCUT2D eigenvalue weighted by molar-refractivity contribution is 0.0766. The first-order valence-corrected chi connectivity index (χ1v) is 14.5. The summed E-state index contributed by atoms with van der Waals surface area (Å²) >= 11 is 5.89. The van der Waals surface area contributed by atoms with Crippen molar-refractivity contribution in [3.05, 3.63) is 88.7 Å². The summed E-state index contributed by atoms with van der Waals surface area (Å²) in [4.78, 5) is 47.4. The first kappa shape index (κ1) is 28.6. The average molecular weight is 575 g/mol. The number of halogens is 1. The van der Waals surface area contributed by atoms with Crippen LogP contribution in [0.3, 0.4) is 0 Å². The second kappa shape index (κ2) is 13.1. The fourth-order valence-corrected chi connectivity index (χ4v) is 5.53. The lowest BCUT2D eigenvalue weighted by Crippen LogP contribution is -2.40. The van der Waals surface area contributed by atoms with E-state index < -0.39 is 0 Å². The van der Waals surface area contributed by atoms with E-state index in [4.69, 9.17) is 17.3 Å². The zero-order valence-electron chi connectivity index (χ0n) is 22.9. The molecule has 1 aliphatic heterocycles. The molecular formula is C31H35ClN6O3. The van der Waals surface area contributed by atoms with Crippen LogP contribution < -0.4 is 21.3 Å². The summed E-state index contributed by atoms with van der Waals surface area (Å²) < 4.78 is 0. The van der Waals surface area contributed by atoms with Crippen molar-refractivity contribution in [2.45, 2.75) is 44.2 Å². The number of nitrogens with zero attached hydrogens (tertiary/aromatic N) is 3. The highest BCUT2D eigenvalue weighted by molar-refractivity contribution is 6.29. The Balaban J connectivity index is 1.35. The smallest absolute Gasteiger partial charge is 0.255 e. The van der Waals surface area contributed by atoms with Gasteiger partial charge < -0.3 is 26.2 Å². The van der Waals surface area contributed by atoms with Crippen molar-refractivity contribution in [3.8, 4) is 0 Å². The van der Waals surface area contributed by atoms with Gasteiger partial charge in [-0.2, -0.15) is 0 Å². The molecule has 41 heavy (non-hydrogen) atoms. The average Bonchev–Trinajstić information content (AvgIpc) is 3.25. The number of carbonyl (C=O) groups excluding carboxylic acids is 3. The molecule has 0 radical (unpaired) electrons. The number of rotatable bonds is 6. The standard InChI is InChI=1S/C31H35ClN6O3/c32-28-14-8-23(20-34-28)31(41)38-16-4-15-37(17-18-38)27-13-7-22(30(40)35-25-11-9-24(33)10-12-25)19-26(27)36-29(39)21-5-2-1-3-6-21/h1-3,5-8,13-14,19-20,24-25H,4,9-12,15-18,33H2,(H,35,40)(H,36,39). The van der Waals surface area contributed by atoms with Crippen LogP contribution in [0.5, 0.6) is 0 Å². The molecule has 3 aromatic rings. The Labute approximate surface area is 245 Å². The molecule has 10 heteroatoms. The number of anilines is 2. The van der Waals surface area contributed by atoms with Gasteiger partial charge in [-0.15, -0.1) is 0 Å². The molecule has 0 bridgehead atoms. The van der Waals surface area contributed by atoms with Crippen LogP contribution in [-0.4, -0.2) is 65.9 Å². The molecule has 3 amide bonds. The van der Waals surface area contributed by atoms with Crippen LogP contribution in [0, 0.1) is 0 Å². The van der Waals surface area contributed by atoms with Crippen LogP contribution >= 0.6 is 11.6 Å². The van der Waals surface area contributed by atoms with Gasteiger partial charge in [0.25, 0.3) is 17.7 Å². The van der Waals surface area contributed by atoms with E-state index in [1.54, 1.807) is 36.4 Å². The van der Waals surface area contributed by atoms with Crippen molar-refractivity contribution in [1.29, 1.82) is 0 Å². The quantitative estimate of drug-likeness (QED) is 0.377. The van der Waals surface area contributed by atoms with Crippen LogP contribution in [0.1, 0.15) is 63.2 Å². The maximum atomic E-state index is 13.2. The highest BCUT2D eigenvalue weighted by atomic mass is 35.5. The second-order valence-electron chi connectivity index (χ2n) is 10.6. The van der Waals surface area contributed by atoms with Gasteiger partial charge in [-0.05, 0) is 74.6 Å². The van der Waals surface area contributed by atoms with E-state index in [1.165, 1.54) is 6.20 Å². The number of hydrogen-bond donors (Lipinski definition) is 3. The Bertz CT molecular complexity index is 1380. The molecule has 2 heterocycles. The number of benzene rings is 2. The molecule has 1 aliphatic carbocycles. The molecule has 2 fully saturated rings. The van der Waals surface area contributed by atoms with Crippen LogP contribution in [0.2, 0.25) is 5.15 Å². The third-order valence-electron chi connectivity index (χ3n) is 7.75. The number of amides is 3. The fourth-order valence-electron chi connectivity index (χ4n) is 5.42. The first-order chi connectivity index (χ1) is 19.9. The Hall–Kier alpha value is -3.95. The third kappa shape index (κ3) is 7.23. The minimum atomic E-state index is -0.257. The van der Waals surface area contributed by atoms with Crippen molar-refractivity contribution in [2.75, 3.05) is 36.4 Å². The summed E-state index contributed by atoms with van der Waals surface area (Å²) in [5.74, 6) is -0.520. The monoisotopic (exact) mass is 574 g/mol. The maximum Gasteiger partial charge on any atom is 0.255 e. The predicted molar refractivity (Wildman–Crippen MR) is 161 cm³/mol. The third-order valence-corrected chi connectivity index (χ3v) is 7.97. The zero-order valence-corrected chi connectivity index (χ0v) is 23.6. The highest BCUT2D eigenvalue weighted by Crippen LogP contribution is 2.30. The molecular weight excluding hydrogens is 540 g/mol. The van der Waals surface area contributed by atoms with Gasteiger partial charge in [0.15, 0.2) is 0 Å². The summed E-state index contributed by atoms with van der Waals surface area (Å²) in [5.41, 5.74) is 8.88. The van der Waals surface area contributed by atoms with E-state index in [0.29, 0.717) is 53.7 Å². The molecule has 1 saturated heterocycles. The summed E-state index contributed by atoms with van der Waals surface area (Å²) in [7, 11) is 0. The molecule has 2 aliphatic rings. The van der Waals surface area contributed by atoms with Crippen molar-refractivity contribution in [3.63, 3.8) is 0 Å². The fraction of sp³-hybridized carbons (Fsp3) is 0.355. The van der Waals surface area contributed by atoms with Gasteiger partial charge in [-0.25, -0.2) is 4.98 Å². The molecule has 214 valence electrons. The largest absolute Gasteiger partial charge is 0.368 e. The molecule has 9 nitrogen and oxygen atoms in total. The van der Waals surface area contributed by atoms with Crippen LogP contribution in [0.25, 0.3) is 0 Å². The van der Waals surface area contributed by atoms with Gasteiger partial charge in [0.05, 0.1) is 16.9 Å². The Morgan fingerprint density at radius 3 is 2.32 bits per heavy atom. The molecule has 0 atom stereocenters. The van der Waals surface area contributed by atoms with Crippen molar-refractivity contribution in [2.24, 2.45) is 5.73 Å². The van der Waals surface area contributed by atoms with Crippen molar-refractivity contribution in [1.82, 2.24) is 15.2 Å². The van der Waals surface area contributed by atoms with Crippen LogP contribution in [0.15, 0.2) is 66.9 Å². The normalized spacial score (nSPS) is 19.3. The number of aromatic nitrogens is 1. The number of hydrogen-bond acceptors (Lipinski definition) is 6. The van der Waals surface area contributed by atoms with Gasteiger partial charge in [-0.3, -0.25) is 14.4 Å². The second-order valence-corrected chi connectivity index (χ2v) is 11.0. The SMILES string of the molecule is NC1CCC(NC(=O)c2ccc(N3CCCN(C(=O)c4ccc(Cl)nc4)CC3)c(NC(=O)c3ccccc3)c2)CC1. The number of pyridine rings is 1. The maximum absolute atomic E-state index is 13.2. The zero-order chi connectivity index (χ0) is 28.8. The summed E-state index contributed by atoms with van der Waals surface area (Å²) in [6, 6.07) is 18.0. The molecule has 4 N–H and O–H groups in total. The minimum absolute atomic E-state index is 0.0919. The summed E-state index contributed by atoms with van der Waals surface area (Å²) in [6.45, 7) is 2.34. The Kier molecular flexibility index (Phi) is 9.16. The lowest BCUT2D eigenvalue weighted by atomic mass is 9.91. The topological polar surface area (TPSA) is 121 Å². The van der Waals surface area contributed by atoms with Crippen LogP contribution in [0.4, 0.5) is 11.4 Å². The number of carbonyl (C=O) groups is 3. The van der Waals surface area contributed by atoms with Gasteiger partial charge in [0.1, 0.15) is 5.15 Å². The number of nitrogens with two attached hydrogens (primary N) is 1. The molecule has 1 saturated carbocycles. The molecule has 1 aromatic heterocycles. The Morgan fingerprint density at radius 1 is 0.829 bits per heavy atom. The summed E-state index contributed by atoms with van der Waals surface area (Å²) in [6.07, 6.45) is 5.74. The van der Waals surface area contributed by atoms with Gasteiger partial charge in [-0.1, -0.05) is 29.8 Å². The van der Waals surface area contributed by atoms with Gasteiger partial charge >= 0.3 is 0 Å². The van der Waals surface area contributed by atoms with E-state index in [0.717, 1.165) is 37.8 Å². The van der Waals surface area contributed by atoms with Gasteiger partial charge in [0, 0.05) is 55.6 Å². The van der Waals surface area contributed by atoms with Gasteiger partial charge in [0.2, 0.25) is 0 Å². The molecule has 2 aromatic carbocycles. The molecule has 0 unspecified atom stereocenters. The van der Waals surface area contributed by atoms with E-state index in [9.17, 15) is 14.4 Å². The van der Waals surface area contributed by atoms with E-state index in [2.05, 4.69) is 20.5 Å². The van der Waals surface area contributed by atoms with Crippen molar-refractivity contribution < 1.29 is 14.4 Å². The predicted octanol–water partition coefficient (Wildman–Crippen LogP) is 4.34. The van der Waals surface area contributed by atoms with E-state index in [1.807, 2.05) is 29.2 Å². The minimum Gasteiger partial charge on any atom is -0.368 e. The molecule has 5 rings (SSSR count). The van der Waals surface area contributed by atoms with E-state index in [-0.39, 0.29) is 29.8 Å². The highest BCUT2D eigenvalue weighted by Gasteiger charge is 2.25. The van der Waals surface area contributed by atoms with Crippen LogP contribution in [-0.2, 0) is 0 Å². The number of nitrogens with one attached hydrogen (secondary N) is 2. The molecule has 0 spiro atoms. The Morgan fingerprint density at radius 2 is 1.59 bits per heavy atom. The van der Waals surface area contributed by atoms with E-state index >= 15 is 0 Å². The summed E-state index contributed by atoms with van der Waals surface area (Å²) in [5, 5.41) is 6.51. The van der Waals surface area contributed by atoms with Crippen molar-refractivity contribution >= 4 is 40.7 Å². The first-order valence-electron chi connectivity index (χ1n) is 14.1.